The van der Waals surface area contributed by atoms with Crippen LogP contribution in [0.2, 0.25) is 0 Å². The summed E-state index contributed by atoms with van der Waals surface area (Å²) in [5, 5.41) is 10.5. The minimum absolute atomic E-state index is 0.175. The van der Waals surface area contributed by atoms with Crippen LogP contribution in [-0.2, 0) is 0 Å². The number of ether oxygens (including phenoxy) is 1. The van der Waals surface area contributed by atoms with Gasteiger partial charge >= 0.3 is 0 Å². The van der Waals surface area contributed by atoms with Crippen molar-refractivity contribution >= 4 is 5.84 Å². The molecule has 3 aliphatic rings. The molecule has 6 rings (SSSR count). The van der Waals surface area contributed by atoms with Crippen LogP contribution in [0.15, 0.2) is 59.7 Å². The summed E-state index contributed by atoms with van der Waals surface area (Å²) in [6, 6.07) is 17.3. The molecule has 7 heteroatoms. The second-order valence-electron chi connectivity index (χ2n) is 9.08. The number of aliphatic imine (C=N–C) groups is 1. The Hall–Kier alpha value is -3.16. The second-order valence-corrected chi connectivity index (χ2v) is 9.08. The summed E-state index contributed by atoms with van der Waals surface area (Å²) < 4.78 is 6.08. The minimum Gasteiger partial charge on any atom is -0.457 e. The average Bonchev–Trinajstić information content (AvgIpc) is 3.66. The van der Waals surface area contributed by atoms with E-state index in [1.54, 1.807) is 0 Å². The molecule has 3 aliphatic heterocycles. The summed E-state index contributed by atoms with van der Waals surface area (Å²) in [5.41, 5.74) is 3.26. The number of hydrogen-bond acceptors (Lipinski definition) is 6. The van der Waals surface area contributed by atoms with Gasteiger partial charge in [-0.3, -0.25) is 4.99 Å². The van der Waals surface area contributed by atoms with Crippen LogP contribution in [0.5, 0.6) is 11.5 Å². The van der Waals surface area contributed by atoms with E-state index in [2.05, 4.69) is 45.2 Å². The highest BCUT2D eigenvalue weighted by molar-refractivity contribution is 5.89. The largest absolute Gasteiger partial charge is 0.457 e. The van der Waals surface area contributed by atoms with Gasteiger partial charge in [-0.1, -0.05) is 12.1 Å². The smallest absolute Gasteiger partial charge is 0.127 e. The standard InChI is InChI=1S/C26H30N6O/c1-3-21(27-13-1)25-29-15-23(31-25)17-5-9-19(10-6-17)33-20-11-7-18(8-12-20)24-16-30-26(32-24)22-4-2-14-28-22/h5-12,15,21-22,24,27-28H,1-4,13-14,16H2,(H,29,31)(H,30,32)/t21-,22-,24?/m0/s1. The van der Waals surface area contributed by atoms with Crippen molar-refractivity contribution in [3.8, 4) is 22.8 Å². The van der Waals surface area contributed by atoms with Crippen molar-refractivity contribution in [3.05, 3.63) is 66.1 Å². The number of hydrogen-bond donors (Lipinski definition) is 4. The molecule has 1 unspecified atom stereocenters. The van der Waals surface area contributed by atoms with Gasteiger partial charge in [0.25, 0.3) is 0 Å². The lowest BCUT2D eigenvalue weighted by atomic mass is 10.1. The fourth-order valence-corrected chi connectivity index (χ4v) is 4.95. The maximum atomic E-state index is 6.08. The zero-order chi connectivity index (χ0) is 22.0. The van der Waals surface area contributed by atoms with Gasteiger partial charge in [0.1, 0.15) is 23.2 Å². The fraction of sp³-hybridized carbons (Fsp3) is 0.385. The molecule has 0 aliphatic carbocycles. The lowest BCUT2D eigenvalue weighted by Crippen LogP contribution is -2.37. The van der Waals surface area contributed by atoms with E-state index in [-0.39, 0.29) is 6.04 Å². The number of nitrogens with zero attached hydrogens (tertiary/aromatic N) is 2. The molecule has 7 nitrogen and oxygen atoms in total. The molecular weight excluding hydrogens is 412 g/mol. The van der Waals surface area contributed by atoms with E-state index in [0.29, 0.717) is 12.1 Å². The molecule has 0 amide bonds. The van der Waals surface area contributed by atoms with Gasteiger partial charge in [-0.2, -0.15) is 0 Å². The first-order valence-electron chi connectivity index (χ1n) is 12.0. The van der Waals surface area contributed by atoms with Gasteiger partial charge in [0.2, 0.25) is 0 Å². The molecule has 170 valence electrons. The summed E-state index contributed by atoms with van der Waals surface area (Å²) in [5.74, 6) is 3.78. The highest BCUT2D eigenvalue weighted by Crippen LogP contribution is 2.29. The minimum atomic E-state index is 0.175. The van der Waals surface area contributed by atoms with Crippen molar-refractivity contribution in [2.45, 2.75) is 43.8 Å². The van der Waals surface area contributed by atoms with Gasteiger partial charge in [0.15, 0.2) is 0 Å². The highest BCUT2D eigenvalue weighted by atomic mass is 16.5. The number of amidine groups is 1. The predicted octanol–water partition coefficient (Wildman–Crippen LogP) is 4.09. The SMILES string of the molecule is c1cc(-c2c[nH]c([C@@H]3CCCN3)n2)ccc1Oc1ccc(C2CNC([C@@H]3CCCN3)=N2)cc1. The molecule has 2 aromatic carbocycles. The number of rotatable bonds is 6. The molecule has 0 saturated carbocycles. The first-order chi connectivity index (χ1) is 16.3. The van der Waals surface area contributed by atoms with Crippen LogP contribution in [0.4, 0.5) is 0 Å². The molecule has 0 bridgehead atoms. The van der Waals surface area contributed by atoms with E-state index in [0.717, 1.165) is 60.5 Å². The summed E-state index contributed by atoms with van der Waals surface area (Å²) in [4.78, 5) is 13.0. The number of H-pyrrole nitrogens is 1. The maximum Gasteiger partial charge on any atom is 0.127 e. The Morgan fingerprint density at radius 1 is 0.818 bits per heavy atom. The molecule has 1 aromatic heterocycles. The molecule has 0 spiro atoms. The predicted molar refractivity (Wildman–Crippen MR) is 130 cm³/mol. The molecule has 4 N–H and O–H groups in total. The number of imidazole rings is 1. The quantitative estimate of drug-likeness (QED) is 0.462. The Morgan fingerprint density at radius 3 is 2.21 bits per heavy atom. The van der Waals surface area contributed by atoms with Crippen molar-refractivity contribution < 1.29 is 4.74 Å². The van der Waals surface area contributed by atoms with E-state index in [1.165, 1.54) is 24.8 Å². The van der Waals surface area contributed by atoms with Gasteiger partial charge < -0.3 is 25.7 Å². The summed E-state index contributed by atoms with van der Waals surface area (Å²) in [7, 11) is 0. The lowest BCUT2D eigenvalue weighted by Gasteiger charge is -2.09. The van der Waals surface area contributed by atoms with Gasteiger partial charge in [-0.25, -0.2) is 4.98 Å². The van der Waals surface area contributed by atoms with Crippen LogP contribution in [0.25, 0.3) is 11.3 Å². The topological polar surface area (TPSA) is 86.4 Å². The summed E-state index contributed by atoms with van der Waals surface area (Å²) in [6.07, 6.45) is 6.73. The van der Waals surface area contributed by atoms with Crippen molar-refractivity contribution in [3.63, 3.8) is 0 Å². The zero-order valence-corrected chi connectivity index (χ0v) is 18.7. The Morgan fingerprint density at radius 2 is 1.52 bits per heavy atom. The van der Waals surface area contributed by atoms with Crippen LogP contribution in [0, 0.1) is 0 Å². The molecule has 4 heterocycles. The second kappa shape index (κ2) is 9.00. The number of benzene rings is 2. The van der Waals surface area contributed by atoms with E-state index in [9.17, 15) is 0 Å². The third kappa shape index (κ3) is 4.38. The third-order valence-corrected chi connectivity index (χ3v) is 6.80. The fourth-order valence-electron chi connectivity index (χ4n) is 4.95. The first-order valence-corrected chi connectivity index (χ1v) is 12.0. The highest BCUT2D eigenvalue weighted by Gasteiger charge is 2.26. The maximum absolute atomic E-state index is 6.08. The Balaban J connectivity index is 1.09. The summed E-state index contributed by atoms with van der Waals surface area (Å²) in [6.45, 7) is 3.02. The van der Waals surface area contributed by atoms with Crippen LogP contribution in [0.1, 0.15) is 49.2 Å². The Labute approximate surface area is 194 Å². The molecule has 2 fully saturated rings. The van der Waals surface area contributed by atoms with Gasteiger partial charge in [0, 0.05) is 18.3 Å². The van der Waals surface area contributed by atoms with Gasteiger partial charge in [0.05, 0.1) is 23.8 Å². The monoisotopic (exact) mass is 442 g/mol. The normalized spacial score (nSPS) is 24.6. The van der Waals surface area contributed by atoms with E-state index in [1.807, 2.05) is 30.5 Å². The molecule has 2 saturated heterocycles. The van der Waals surface area contributed by atoms with E-state index < -0.39 is 0 Å². The van der Waals surface area contributed by atoms with Crippen molar-refractivity contribution in [1.82, 2.24) is 25.9 Å². The average molecular weight is 443 g/mol. The Kier molecular flexibility index (Phi) is 5.58. The van der Waals surface area contributed by atoms with E-state index >= 15 is 0 Å². The van der Waals surface area contributed by atoms with Crippen LogP contribution in [0.3, 0.4) is 0 Å². The van der Waals surface area contributed by atoms with Crippen molar-refractivity contribution in [2.24, 2.45) is 4.99 Å². The zero-order valence-electron chi connectivity index (χ0n) is 18.7. The number of nitrogens with one attached hydrogen (secondary N) is 4. The van der Waals surface area contributed by atoms with Gasteiger partial charge in [-0.05, 0) is 80.7 Å². The molecule has 33 heavy (non-hydrogen) atoms. The van der Waals surface area contributed by atoms with Crippen LogP contribution < -0.4 is 20.7 Å². The van der Waals surface area contributed by atoms with Crippen molar-refractivity contribution in [1.29, 1.82) is 0 Å². The molecule has 0 radical (unpaired) electrons. The number of aromatic nitrogens is 2. The summed E-state index contributed by atoms with van der Waals surface area (Å²) >= 11 is 0. The lowest BCUT2D eigenvalue weighted by molar-refractivity contribution is 0.482. The van der Waals surface area contributed by atoms with Crippen LogP contribution in [-0.4, -0.2) is 41.5 Å². The molecule has 3 aromatic rings. The number of aromatic amines is 1. The van der Waals surface area contributed by atoms with Gasteiger partial charge in [-0.15, -0.1) is 0 Å². The van der Waals surface area contributed by atoms with Crippen LogP contribution >= 0.6 is 0 Å². The van der Waals surface area contributed by atoms with Crippen molar-refractivity contribution in [2.75, 3.05) is 19.6 Å². The Bertz CT molecular complexity index is 1110. The van der Waals surface area contributed by atoms with E-state index in [4.69, 9.17) is 14.7 Å². The molecule has 3 atom stereocenters. The first kappa shape index (κ1) is 20.4. The third-order valence-electron chi connectivity index (χ3n) is 6.80. The molecular formula is C26H30N6O.